The minimum Gasteiger partial charge on any atom is -0.384 e. The van der Waals surface area contributed by atoms with Gasteiger partial charge < -0.3 is 11.1 Å². The number of carbonyl (C=O) groups excluding carboxylic acids is 1. The monoisotopic (exact) mass is 293 g/mol. The van der Waals surface area contributed by atoms with Gasteiger partial charge in [-0.05, 0) is 12.1 Å². The Labute approximate surface area is 118 Å². The maximum atomic E-state index is 13.0. The van der Waals surface area contributed by atoms with E-state index in [1.54, 1.807) is 7.05 Å². The molecule has 0 unspecified atom stereocenters. The van der Waals surface area contributed by atoms with Gasteiger partial charge in [0.25, 0.3) is 11.6 Å². The van der Waals surface area contributed by atoms with Gasteiger partial charge in [-0.25, -0.2) is 4.39 Å². The second-order valence-corrected chi connectivity index (χ2v) is 4.28. The number of hydrogen-bond acceptors (Lipinski definition) is 5. The van der Waals surface area contributed by atoms with Gasteiger partial charge in [0.05, 0.1) is 17.2 Å². The lowest BCUT2D eigenvalue weighted by molar-refractivity contribution is -0.385. The molecule has 3 N–H and O–H groups in total. The first-order valence-electron chi connectivity index (χ1n) is 5.88. The summed E-state index contributed by atoms with van der Waals surface area (Å²) in [6.45, 7) is 0.0625. The number of hydrogen-bond donors (Lipinski definition) is 2. The Hall–Kier alpha value is -2.97. The molecule has 8 nitrogen and oxygen atoms in total. The number of nitro benzene ring substituents is 1. The van der Waals surface area contributed by atoms with Crippen LogP contribution < -0.4 is 11.1 Å². The highest BCUT2D eigenvalue weighted by atomic mass is 19.1. The molecule has 0 saturated carbocycles. The molecule has 110 valence electrons. The number of nitrogens with zero attached hydrogens (tertiary/aromatic N) is 3. The van der Waals surface area contributed by atoms with Crippen LogP contribution in [0, 0.1) is 15.9 Å². The summed E-state index contributed by atoms with van der Waals surface area (Å²) >= 11 is 0. The fourth-order valence-corrected chi connectivity index (χ4v) is 1.75. The Morgan fingerprint density at radius 1 is 1.57 bits per heavy atom. The minimum absolute atomic E-state index is 0.0625. The maximum Gasteiger partial charge on any atom is 0.285 e. The first-order chi connectivity index (χ1) is 9.90. The van der Waals surface area contributed by atoms with E-state index in [0.29, 0.717) is 17.4 Å². The molecular weight excluding hydrogens is 281 g/mol. The molecule has 0 fully saturated rings. The normalized spacial score (nSPS) is 10.4. The summed E-state index contributed by atoms with van der Waals surface area (Å²) in [6, 6.07) is 2.75. The van der Waals surface area contributed by atoms with E-state index < -0.39 is 22.3 Å². The molecule has 1 aromatic carbocycles. The molecule has 0 atom stereocenters. The van der Waals surface area contributed by atoms with Crippen LogP contribution in [0.15, 0.2) is 24.4 Å². The largest absolute Gasteiger partial charge is 0.384 e. The summed E-state index contributed by atoms with van der Waals surface area (Å²) in [5.41, 5.74) is 5.49. The van der Waals surface area contributed by atoms with E-state index >= 15 is 0 Å². The van der Waals surface area contributed by atoms with Crippen LogP contribution in [-0.4, -0.2) is 20.6 Å². The van der Waals surface area contributed by atoms with Gasteiger partial charge >= 0.3 is 0 Å². The van der Waals surface area contributed by atoms with Gasteiger partial charge in [0.1, 0.15) is 17.2 Å². The Morgan fingerprint density at radius 2 is 2.29 bits per heavy atom. The summed E-state index contributed by atoms with van der Waals surface area (Å²) in [4.78, 5) is 22.0. The van der Waals surface area contributed by atoms with Crippen molar-refractivity contribution < 1.29 is 14.1 Å². The highest BCUT2D eigenvalue weighted by molar-refractivity contribution is 5.98. The van der Waals surface area contributed by atoms with Crippen LogP contribution in [0.2, 0.25) is 0 Å². The molecule has 0 aliphatic carbocycles. The molecule has 21 heavy (non-hydrogen) atoms. The second kappa shape index (κ2) is 5.57. The molecule has 0 radical (unpaired) electrons. The van der Waals surface area contributed by atoms with Gasteiger partial charge in [-0.1, -0.05) is 0 Å². The van der Waals surface area contributed by atoms with Crippen molar-refractivity contribution in [2.75, 3.05) is 5.73 Å². The molecule has 2 aromatic rings. The fourth-order valence-electron chi connectivity index (χ4n) is 1.75. The summed E-state index contributed by atoms with van der Waals surface area (Å²) in [7, 11) is 1.64. The summed E-state index contributed by atoms with van der Waals surface area (Å²) in [6.07, 6.45) is 1.48. The predicted octanol–water partition coefficient (Wildman–Crippen LogP) is 0.980. The van der Waals surface area contributed by atoms with Gasteiger partial charge in [0.15, 0.2) is 0 Å². The highest BCUT2D eigenvalue weighted by Crippen LogP contribution is 2.20. The Kier molecular flexibility index (Phi) is 3.83. The number of nitrogens with two attached hydrogens (primary N) is 1. The number of amides is 1. The van der Waals surface area contributed by atoms with E-state index in [9.17, 15) is 19.3 Å². The van der Waals surface area contributed by atoms with Crippen molar-refractivity contribution in [2.45, 2.75) is 6.54 Å². The van der Waals surface area contributed by atoms with Crippen LogP contribution in [0.1, 0.15) is 15.9 Å². The third-order valence-electron chi connectivity index (χ3n) is 2.90. The van der Waals surface area contributed by atoms with Gasteiger partial charge in [0, 0.05) is 19.2 Å². The van der Waals surface area contributed by atoms with Crippen LogP contribution in [0.4, 0.5) is 15.9 Å². The number of nitro groups is 1. The molecule has 0 aliphatic rings. The average molecular weight is 293 g/mol. The molecule has 1 aromatic heterocycles. The van der Waals surface area contributed by atoms with E-state index in [2.05, 4.69) is 10.4 Å². The summed E-state index contributed by atoms with van der Waals surface area (Å²) in [5, 5.41) is 17.2. The lowest BCUT2D eigenvalue weighted by Crippen LogP contribution is -2.24. The number of nitrogens with one attached hydrogen (secondary N) is 1. The smallest absolute Gasteiger partial charge is 0.285 e. The van der Waals surface area contributed by atoms with Crippen LogP contribution in [0.5, 0.6) is 0 Å². The highest BCUT2D eigenvalue weighted by Gasteiger charge is 2.21. The molecule has 2 rings (SSSR count). The van der Waals surface area contributed by atoms with Crippen molar-refractivity contribution >= 4 is 17.4 Å². The van der Waals surface area contributed by atoms with Gasteiger partial charge in [-0.2, -0.15) is 5.10 Å². The number of benzene rings is 1. The summed E-state index contributed by atoms with van der Waals surface area (Å²) < 4.78 is 14.4. The maximum absolute atomic E-state index is 13.0. The van der Waals surface area contributed by atoms with Crippen molar-refractivity contribution in [3.05, 3.63) is 51.5 Å². The molecule has 1 amide bonds. The molecule has 1 heterocycles. The van der Waals surface area contributed by atoms with E-state index in [1.165, 1.54) is 10.9 Å². The third-order valence-corrected chi connectivity index (χ3v) is 2.90. The number of nitrogen functional groups attached to an aromatic ring is 1. The van der Waals surface area contributed by atoms with Crippen LogP contribution in [0.25, 0.3) is 0 Å². The van der Waals surface area contributed by atoms with Crippen LogP contribution in [-0.2, 0) is 13.6 Å². The fraction of sp³-hybridized carbons (Fsp3) is 0.167. The zero-order valence-electron chi connectivity index (χ0n) is 11.0. The number of carbonyl (C=O) groups is 1. The molecular formula is C12H12FN5O3. The first kappa shape index (κ1) is 14.4. The molecule has 0 bridgehead atoms. The van der Waals surface area contributed by atoms with Crippen molar-refractivity contribution in [3.63, 3.8) is 0 Å². The number of aryl methyl sites for hydroxylation is 1. The van der Waals surface area contributed by atoms with E-state index in [-0.39, 0.29) is 12.1 Å². The van der Waals surface area contributed by atoms with E-state index in [4.69, 9.17) is 5.73 Å². The van der Waals surface area contributed by atoms with Gasteiger partial charge in [0.2, 0.25) is 0 Å². The second-order valence-electron chi connectivity index (χ2n) is 4.28. The number of anilines is 1. The van der Waals surface area contributed by atoms with Crippen molar-refractivity contribution in [3.8, 4) is 0 Å². The minimum atomic E-state index is -0.809. The lowest BCUT2D eigenvalue weighted by atomic mass is 10.1. The number of aromatic nitrogens is 2. The molecule has 9 heteroatoms. The van der Waals surface area contributed by atoms with Crippen molar-refractivity contribution in [1.29, 1.82) is 0 Å². The van der Waals surface area contributed by atoms with Crippen LogP contribution in [0.3, 0.4) is 0 Å². The number of rotatable bonds is 4. The van der Waals surface area contributed by atoms with Crippen LogP contribution >= 0.6 is 0 Å². The van der Waals surface area contributed by atoms with E-state index in [1.807, 2.05) is 0 Å². The topological polar surface area (TPSA) is 116 Å². The molecule has 0 spiro atoms. The molecule has 0 aliphatic heterocycles. The van der Waals surface area contributed by atoms with E-state index in [0.717, 1.165) is 12.1 Å². The number of halogens is 1. The lowest BCUT2D eigenvalue weighted by Gasteiger charge is -2.05. The SMILES string of the molecule is Cn1ncc(CNC(=O)c2ccc(F)cc2[N+](=O)[O-])c1N. The van der Waals surface area contributed by atoms with Gasteiger partial charge in [-0.15, -0.1) is 0 Å². The molecule has 0 saturated heterocycles. The van der Waals surface area contributed by atoms with Gasteiger partial charge in [-0.3, -0.25) is 19.6 Å². The summed E-state index contributed by atoms with van der Waals surface area (Å²) in [5.74, 6) is -1.09. The van der Waals surface area contributed by atoms with Crippen molar-refractivity contribution in [2.24, 2.45) is 7.05 Å². The Bertz CT molecular complexity index is 713. The first-order valence-corrected chi connectivity index (χ1v) is 5.88. The average Bonchev–Trinajstić information content (AvgIpc) is 2.76. The Morgan fingerprint density at radius 3 is 2.86 bits per heavy atom. The zero-order chi connectivity index (χ0) is 15.6. The predicted molar refractivity (Wildman–Crippen MR) is 71.8 cm³/mol. The Balaban J connectivity index is 2.17. The quantitative estimate of drug-likeness (QED) is 0.644. The third kappa shape index (κ3) is 2.96. The van der Waals surface area contributed by atoms with Crippen molar-refractivity contribution in [1.82, 2.24) is 15.1 Å². The zero-order valence-corrected chi connectivity index (χ0v) is 11.0. The standard InChI is InChI=1S/C12H12FN5O3/c1-17-11(14)7(6-16-17)5-15-12(19)9-3-2-8(13)4-10(9)18(20)21/h2-4,6H,5,14H2,1H3,(H,15,19).